The van der Waals surface area contributed by atoms with Gasteiger partial charge in [0.1, 0.15) is 0 Å². The van der Waals surface area contributed by atoms with Gasteiger partial charge in [-0.3, -0.25) is 4.79 Å². The van der Waals surface area contributed by atoms with E-state index in [1.165, 1.54) is 12.1 Å². The number of aliphatic carboxylic acids is 2. The molecule has 2 atom stereocenters. The molecule has 0 heterocycles. The lowest BCUT2D eigenvalue weighted by molar-refractivity contribution is -0.175. The summed E-state index contributed by atoms with van der Waals surface area (Å²) in [7, 11) is 0. The minimum Gasteiger partial charge on any atom is -0.479 e. The summed E-state index contributed by atoms with van der Waals surface area (Å²) in [5.74, 6) is -5.65. The zero-order valence-electron chi connectivity index (χ0n) is 9.28. The number of aliphatic hydroxyl groups is 2. The number of rotatable bonds is 5. The van der Waals surface area contributed by atoms with E-state index in [1.807, 2.05) is 0 Å². The Morgan fingerprint density at radius 1 is 1.11 bits per heavy atom. The van der Waals surface area contributed by atoms with Crippen LogP contribution in [-0.4, -0.2) is 49.9 Å². The Hall–Kier alpha value is -1.96. The van der Waals surface area contributed by atoms with Crippen molar-refractivity contribution in [1.29, 1.82) is 0 Å². The first-order valence-electron chi connectivity index (χ1n) is 4.88. The normalized spacial score (nSPS) is 15.3. The van der Waals surface area contributed by atoms with Crippen LogP contribution in [0.25, 0.3) is 0 Å². The molecular formula is C11H9ClO7. The maximum Gasteiger partial charge on any atom is 0.347 e. The zero-order chi connectivity index (χ0) is 14.8. The lowest BCUT2D eigenvalue weighted by Gasteiger charge is -2.24. The van der Waals surface area contributed by atoms with E-state index in [4.69, 9.17) is 21.8 Å². The van der Waals surface area contributed by atoms with Crippen molar-refractivity contribution in [3.05, 3.63) is 34.9 Å². The summed E-state index contributed by atoms with van der Waals surface area (Å²) in [5.41, 5.74) is -3.77. The molecule has 1 rings (SSSR count). The number of carbonyl (C=O) groups is 3. The van der Waals surface area contributed by atoms with Crippen LogP contribution >= 0.6 is 11.6 Å². The van der Waals surface area contributed by atoms with E-state index in [0.717, 1.165) is 12.1 Å². The van der Waals surface area contributed by atoms with Gasteiger partial charge in [0, 0.05) is 10.6 Å². The van der Waals surface area contributed by atoms with Gasteiger partial charge >= 0.3 is 11.9 Å². The van der Waals surface area contributed by atoms with Gasteiger partial charge in [-0.05, 0) is 24.3 Å². The number of Topliss-reactive ketones (excluding diaryl/α,β-unsaturated/α-hetero) is 1. The highest BCUT2D eigenvalue weighted by Gasteiger charge is 2.54. The molecule has 0 aliphatic rings. The minimum absolute atomic E-state index is 0.259. The molecule has 0 bridgehead atoms. The van der Waals surface area contributed by atoms with Crippen molar-refractivity contribution in [2.45, 2.75) is 11.7 Å². The number of benzene rings is 1. The summed E-state index contributed by atoms with van der Waals surface area (Å²) >= 11 is 5.57. The van der Waals surface area contributed by atoms with Gasteiger partial charge in [0.05, 0.1) is 0 Å². The van der Waals surface area contributed by atoms with Gasteiger partial charge in [0.25, 0.3) is 5.60 Å². The summed E-state index contributed by atoms with van der Waals surface area (Å²) in [6, 6.07) is 4.72. The highest BCUT2D eigenvalue weighted by molar-refractivity contribution is 6.30. The smallest absolute Gasteiger partial charge is 0.347 e. The Balaban J connectivity index is 3.27. The van der Waals surface area contributed by atoms with E-state index in [9.17, 15) is 24.6 Å². The van der Waals surface area contributed by atoms with E-state index < -0.39 is 29.4 Å². The van der Waals surface area contributed by atoms with E-state index in [-0.39, 0.29) is 10.6 Å². The first kappa shape index (κ1) is 15.1. The fourth-order valence-corrected chi connectivity index (χ4v) is 1.46. The van der Waals surface area contributed by atoms with Crippen molar-refractivity contribution in [3.63, 3.8) is 0 Å². The largest absolute Gasteiger partial charge is 0.479 e. The van der Waals surface area contributed by atoms with Crippen LogP contribution in [-0.2, 0) is 9.59 Å². The fourth-order valence-electron chi connectivity index (χ4n) is 1.34. The van der Waals surface area contributed by atoms with Crippen LogP contribution in [0.3, 0.4) is 0 Å². The third-order valence-corrected chi connectivity index (χ3v) is 2.66. The van der Waals surface area contributed by atoms with Crippen LogP contribution in [0.4, 0.5) is 0 Å². The van der Waals surface area contributed by atoms with Crippen molar-refractivity contribution in [2.75, 3.05) is 0 Å². The molecule has 0 saturated carbocycles. The second-order valence-corrected chi connectivity index (χ2v) is 4.08. The van der Waals surface area contributed by atoms with Crippen LogP contribution in [0, 0.1) is 0 Å². The number of carbonyl (C=O) groups excluding carboxylic acids is 1. The Morgan fingerprint density at radius 2 is 1.58 bits per heavy atom. The molecule has 0 aliphatic heterocycles. The standard InChI is InChI=1S/C11H9ClO7/c12-6-3-1-5(2-4-6)7(13)11(19,10(17)18)8(14)9(15)16/h1-4,8,14,19H,(H,15,16)(H,17,18)/t8-,11+/m0/s1. The lowest BCUT2D eigenvalue weighted by atomic mass is 9.87. The molecule has 102 valence electrons. The van der Waals surface area contributed by atoms with E-state index >= 15 is 0 Å². The molecule has 0 aliphatic carbocycles. The highest BCUT2D eigenvalue weighted by Crippen LogP contribution is 2.20. The molecule has 8 heteroatoms. The quantitative estimate of drug-likeness (QED) is 0.435. The van der Waals surface area contributed by atoms with Crippen molar-refractivity contribution < 1.29 is 34.8 Å². The first-order chi connectivity index (χ1) is 8.71. The second-order valence-electron chi connectivity index (χ2n) is 3.65. The maximum absolute atomic E-state index is 11.9. The molecule has 0 spiro atoms. The summed E-state index contributed by atoms with van der Waals surface area (Å²) < 4.78 is 0. The third-order valence-electron chi connectivity index (χ3n) is 2.41. The number of carboxylic acid groups (broad SMARTS) is 2. The van der Waals surface area contributed by atoms with E-state index in [2.05, 4.69) is 0 Å². The van der Waals surface area contributed by atoms with Gasteiger partial charge in [-0.2, -0.15) is 0 Å². The predicted octanol–water partition coefficient (Wildman–Crippen LogP) is -0.216. The minimum atomic E-state index is -3.47. The van der Waals surface area contributed by atoms with Crippen molar-refractivity contribution >= 4 is 29.3 Å². The lowest BCUT2D eigenvalue weighted by Crippen LogP contribution is -2.58. The number of ketones is 1. The highest BCUT2D eigenvalue weighted by atomic mass is 35.5. The van der Waals surface area contributed by atoms with E-state index in [1.54, 1.807) is 0 Å². The SMILES string of the molecule is O=C(O)[C@H](O)[C@@](O)(C(=O)O)C(=O)c1ccc(Cl)cc1. The van der Waals surface area contributed by atoms with Gasteiger partial charge < -0.3 is 20.4 Å². The molecule has 1 aromatic rings. The summed E-state index contributed by atoms with van der Waals surface area (Å²) in [6.07, 6.45) is -2.80. The molecule has 0 unspecified atom stereocenters. The van der Waals surface area contributed by atoms with Gasteiger partial charge in [-0.25, -0.2) is 9.59 Å². The van der Waals surface area contributed by atoms with Crippen molar-refractivity contribution in [1.82, 2.24) is 0 Å². The van der Waals surface area contributed by atoms with Crippen LogP contribution in [0.2, 0.25) is 5.02 Å². The van der Waals surface area contributed by atoms with Crippen LogP contribution < -0.4 is 0 Å². The summed E-state index contributed by atoms with van der Waals surface area (Å²) in [4.78, 5) is 33.4. The second kappa shape index (κ2) is 5.35. The molecule has 1 aromatic carbocycles. The molecule has 0 saturated heterocycles. The summed E-state index contributed by atoms with van der Waals surface area (Å²) in [6.45, 7) is 0. The zero-order valence-corrected chi connectivity index (χ0v) is 10.0. The number of halogens is 1. The molecule has 0 amide bonds. The average molecular weight is 289 g/mol. The molecule has 19 heavy (non-hydrogen) atoms. The maximum atomic E-state index is 11.9. The molecule has 0 fully saturated rings. The van der Waals surface area contributed by atoms with Crippen LogP contribution in [0.15, 0.2) is 24.3 Å². The number of aliphatic hydroxyl groups excluding tert-OH is 1. The molecule has 0 aromatic heterocycles. The monoisotopic (exact) mass is 288 g/mol. The number of hydrogen-bond donors (Lipinski definition) is 4. The topological polar surface area (TPSA) is 132 Å². The summed E-state index contributed by atoms with van der Waals surface area (Å²) in [5, 5.41) is 36.6. The Kier molecular flexibility index (Phi) is 4.25. The predicted molar refractivity (Wildman–Crippen MR) is 62.0 cm³/mol. The van der Waals surface area contributed by atoms with Gasteiger partial charge in [-0.1, -0.05) is 11.6 Å². The van der Waals surface area contributed by atoms with E-state index in [0.29, 0.717) is 0 Å². The van der Waals surface area contributed by atoms with Crippen LogP contribution in [0.5, 0.6) is 0 Å². The fraction of sp³-hybridized carbons (Fsp3) is 0.182. The van der Waals surface area contributed by atoms with Gasteiger partial charge in [0.2, 0.25) is 5.78 Å². The number of hydrogen-bond acceptors (Lipinski definition) is 5. The van der Waals surface area contributed by atoms with Crippen LogP contribution in [0.1, 0.15) is 10.4 Å². The molecule has 4 N–H and O–H groups in total. The first-order valence-corrected chi connectivity index (χ1v) is 5.26. The van der Waals surface area contributed by atoms with Crippen molar-refractivity contribution in [2.24, 2.45) is 0 Å². The van der Waals surface area contributed by atoms with Crippen molar-refractivity contribution in [3.8, 4) is 0 Å². The van der Waals surface area contributed by atoms with Gasteiger partial charge in [0.15, 0.2) is 6.10 Å². The van der Waals surface area contributed by atoms with Gasteiger partial charge in [-0.15, -0.1) is 0 Å². The molecular weight excluding hydrogens is 280 g/mol. The Bertz CT molecular complexity index is 524. The Morgan fingerprint density at radius 3 is 1.95 bits per heavy atom. The number of carboxylic acids is 2. The Labute approximate surface area is 111 Å². The molecule has 0 radical (unpaired) electrons. The molecule has 7 nitrogen and oxygen atoms in total. The third kappa shape index (κ3) is 2.73. The average Bonchev–Trinajstić information content (AvgIpc) is 2.36.